The molecule has 2 heterocycles. The first-order valence-electron chi connectivity index (χ1n) is 14.1. The first kappa shape index (κ1) is 34.1. The summed E-state index contributed by atoms with van der Waals surface area (Å²) < 4.78 is 25.4. The Morgan fingerprint density at radius 3 is 2.43 bits per heavy atom. The Hall–Kier alpha value is -3.28. The smallest absolute Gasteiger partial charge is 0.338 e. The van der Waals surface area contributed by atoms with Crippen LogP contribution >= 0.6 is 62.1 Å². The molecule has 3 aromatic carbocycles. The monoisotopic (exact) mass is 764 g/mol. The lowest BCUT2D eigenvalue weighted by atomic mass is 9.95. The summed E-state index contributed by atoms with van der Waals surface area (Å²) in [5.41, 5.74) is 2.21. The van der Waals surface area contributed by atoms with E-state index >= 15 is 0 Å². The number of aromatic nitrogens is 1. The maximum absolute atomic E-state index is 14.3. The van der Waals surface area contributed by atoms with Gasteiger partial charge in [-0.2, -0.15) is 0 Å². The van der Waals surface area contributed by atoms with Gasteiger partial charge in [0.25, 0.3) is 5.56 Å². The Balaban J connectivity index is 1.66. The number of rotatable bonds is 10. The summed E-state index contributed by atoms with van der Waals surface area (Å²) in [7, 11) is 1.53. The Kier molecular flexibility index (Phi) is 10.8. The number of carbonyl (C=O) groups excluding carboxylic acids is 1. The van der Waals surface area contributed by atoms with Crippen LogP contribution in [0.2, 0.25) is 15.1 Å². The summed E-state index contributed by atoms with van der Waals surface area (Å²) in [5.74, 6) is 0.871. The number of carbonyl (C=O) groups is 1. The SMILES string of the molecule is CCOC(=O)C1=C(C)N=c2s/c(=C/c3cc(Cl)ccc3OCc3ccc(Cl)cc3Cl)c(=O)n2[C@@H]1c1cc(OC)c(OCC)cc1Br. The summed E-state index contributed by atoms with van der Waals surface area (Å²) >= 11 is 23.6. The van der Waals surface area contributed by atoms with Crippen molar-refractivity contribution in [2.24, 2.45) is 4.99 Å². The van der Waals surface area contributed by atoms with E-state index in [0.717, 1.165) is 5.56 Å². The van der Waals surface area contributed by atoms with E-state index in [1.54, 1.807) is 68.5 Å². The second kappa shape index (κ2) is 14.6. The maximum Gasteiger partial charge on any atom is 0.338 e. The number of benzene rings is 3. The third-order valence-corrected chi connectivity index (χ3v) is 9.54. The molecular weight excluding hydrogens is 739 g/mol. The van der Waals surface area contributed by atoms with Crippen molar-refractivity contribution in [1.29, 1.82) is 0 Å². The number of ether oxygens (including phenoxy) is 4. The number of methoxy groups -OCH3 is 1. The number of hydrogen-bond acceptors (Lipinski definition) is 8. The van der Waals surface area contributed by atoms with Gasteiger partial charge in [-0.15, -0.1) is 0 Å². The van der Waals surface area contributed by atoms with Crippen LogP contribution in [0.5, 0.6) is 17.2 Å². The first-order chi connectivity index (χ1) is 22.1. The van der Waals surface area contributed by atoms with Crippen LogP contribution < -0.4 is 29.1 Å². The molecule has 1 aliphatic heterocycles. The van der Waals surface area contributed by atoms with Crippen molar-refractivity contribution in [3.8, 4) is 17.2 Å². The fourth-order valence-electron chi connectivity index (χ4n) is 4.97. The molecule has 0 spiro atoms. The zero-order valence-corrected chi connectivity index (χ0v) is 29.8. The number of hydrogen-bond donors (Lipinski definition) is 0. The molecule has 0 radical (unpaired) electrons. The van der Waals surface area contributed by atoms with E-state index in [0.29, 0.717) is 69.6 Å². The average molecular weight is 767 g/mol. The molecule has 4 aromatic rings. The van der Waals surface area contributed by atoms with Crippen LogP contribution in [-0.4, -0.2) is 30.9 Å². The van der Waals surface area contributed by atoms with Gasteiger partial charge in [-0.3, -0.25) is 9.36 Å². The standard InChI is InChI=1S/C33H28BrCl3N2O6S/c1-5-43-27-15-23(34)22(14-26(27)42-4)30-29(32(41)44-6-2)17(3)38-33-39(30)31(40)28(46-33)12-19-11-20(35)9-10-25(19)45-16-18-7-8-21(36)13-24(18)37/h7-15,30H,5-6,16H2,1-4H3/b28-12+/t30-/m1/s1. The number of thiazole rings is 1. The lowest BCUT2D eigenvalue weighted by molar-refractivity contribution is -0.139. The highest BCUT2D eigenvalue weighted by Gasteiger charge is 2.35. The van der Waals surface area contributed by atoms with Crippen molar-refractivity contribution >= 4 is 74.1 Å². The van der Waals surface area contributed by atoms with Crippen LogP contribution in [0.25, 0.3) is 6.08 Å². The van der Waals surface area contributed by atoms with Gasteiger partial charge in [0.2, 0.25) is 0 Å². The molecule has 0 saturated carbocycles. The fourth-order valence-corrected chi connectivity index (χ4v) is 7.19. The molecule has 8 nitrogen and oxygen atoms in total. The summed E-state index contributed by atoms with van der Waals surface area (Å²) in [5, 5.41) is 1.45. The van der Waals surface area contributed by atoms with Crippen LogP contribution in [0.1, 0.15) is 43.5 Å². The van der Waals surface area contributed by atoms with Crippen LogP contribution in [-0.2, 0) is 16.1 Å². The molecule has 0 saturated heterocycles. The minimum Gasteiger partial charge on any atom is -0.493 e. The molecule has 0 bridgehead atoms. The highest BCUT2D eigenvalue weighted by atomic mass is 79.9. The summed E-state index contributed by atoms with van der Waals surface area (Å²) in [4.78, 5) is 32.7. The van der Waals surface area contributed by atoms with Gasteiger partial charge in [-0.05, 0) is 74.9 Å². The average Bonchev–Trinajstić information content (AvgIpc) is 3.31. The number of allylic oxidation sites excluding steroid dienone is 1. The van der Waals surface area contributed by atoms with Gasteiger partial charge in [0.15, 0.2) is 16.3 Å². The molecule has 1 aliphatic rings. The summed E-state index contributed by atoms with van der Waals surface area (Å²) in [6, 6.07) is 12.9. The Bertz CT molecular complexity index is 2040. The molecule has 13 heteroatoms. The Labute approximate surface area is 292 Å². The molecule has 0 N–H and O–H groups in total. The predicted molar refractivity (Wildman–Crippen MR) is 185 cm³/mol. The Morgan fingerprint density at radius 1 is 1.00 bits per heavy atom. The first-order valence-corrected chi connectivity index (χ1v) is 16.9. The largest absolute Gasteiger partial charge is 0.493 e. The van der Waals surface area contributed by atoms with Crippen molar-refractivity contribution < 1.29 is 23.7 Å². The van der Waals surface area contributed by atoms with Crippen molar-refractivity contribution in [2.75, 3.05) is 20.3 Å². The van der Waals surface area contributed by atoms with E-state index in [2.05, 4.69) is 20.9 Å². The van der Waals surface area contributed by atoms with E-state index < -0.39 is 12.0 Å². The molecule has 0 amide bonds. The van der Waals surface area contributed by atoms with E-state index in [4.69, 9.17) is 53.8 Å². The van der Waals surface area contributed by atoms with E-state index in [-0.39, 0.29) is 24.3 Å². The van der Waals surface area contributed by atoms with E-state index in [1.165, 1.54) is 23.0 Å². The van der Waals surface area contributed by atoms with Gasteiger partial charge in [-0.25, -0.2) is 9.79 Å². The van der Waals surface area contributed by atoms with Gasteiger partial charge in [0.1, 0.15) is 12.4 Å². The van der Waals surface area contributed by atoms with Gasteiger partial charge in [-0.1, -0.05) is 68.1 Å². The van der Waals surface area contributed by atoms with E-state index in [1.807, 2.05) is 6.92 Å². The molecule has 240 valence electrons. The second-order valence-electron chi connectivity index (χ2n) is 9.97. The lowest BCUT2D eigenvalue weighted by Crippen LogP contribution is -2.40. The second-order valence-corrected chi connectivity index (χ2v) is 13.1. The maximum atomic E-state index is 14.3. The van der Waals surface area contributed by atoms with Crippen LogP contribution in [0, 0.1) is 0 Å². The highest BCUT2D eigenvalue weighted by molar-refractivity contribution is 9.10. The molecule has 0 aliphatic carbocycles. The third-order valence-electron chi connectivity index (χ3n) is 7.05. The van der Waals surface area contributed by atoms with Gasteiger partial charge < -0.3 is 18.9 Å². The fraction of sp³-hybridized carbons (Fsp3) is 0.242. The number of fused-ring (bicyclic) bond motifs is 1. The number of esters is 1. The number of nitrogens with zero attached hydrogens (tertiary/aromatic N) is 2. The highest BCUT2D eigenvalue weighted by Crippen LogP contribution is 2.41. The van der Waals surface area contributed by atoms with Crippen molar-refractivity contribution in [1.82, 2.24) is 4.57 Å². The zero-order chi connectivity index (χ0) is 33.1. The molecule has 0 unspecified atom stereocenters. The van der Waals surface area contributed by atoms with Crippen molar-refractivity contribution in [2.45, 2.75) is 33.4 Å². The van der Waals surface area contributed by atoms with Gasteiger partial charge >= 0.3 is 5.97 Å². The van der Waals surface area contributed by atoms with Gasteiger partial charge in [0.05, 0.1) is 42.2 Å². The molecule has 5 rings (SSSR count). The minimum atomic E-state index is -0.876. The van der Waals surface area contributed by atoms with Gasteiger partial charge in [0, 0.05) is 30.7 Å². The summed E-state index contributed by atoms with van der Waals surface area (Å²) in [6.07, 6.45) is 1.70. The van der Waals surface area contributed by atoms with Crippen LogP contribution in [0.15, 0.2) is 74.1 Å². The number of halogens is 4. The predicted octanol–water partition coefficient (Wildman–Crippen LogP) is 7.51. The molecular formula is C33H28BrCl3N2O6S. The topological polar surface area (TPSA) is 88.4 Å². The molecule has 1 atom stereocenters. The van der Waals surface area contributed by atoms with E-state index in [9.17, 15) is 9.59 Å². The third kappa shape index (κ3) is 7.01. The lowest BCUT2D eigenvalue weighted by Gasteiger charge is -2.26. The quantitative estimate of drug-likeness (QED) is 0.156. The van der Waals surface area contributed by atoms with Crippen LogP contribution in [0.3, 0.4) is 0 Å². The normalized spacial score (nSPS) is 14.5. The summed E-state index contributed by atoms with van der Waals surface area (Å²) in [6.45, 7) is 6.05. The zero-order valence-electron chi connectivity index (χ0n) is 25.2. The Morgan fingerprint density at radius 2 is 1.74 bits per heavy atom. The van der Waals surface area contributed by atoms with Crippen molar-refractivity contribution in [3.05, 3.63) is 116 Å². The minimum absolute atomic E-state index is 0.152. The molecule has 0 fully saturated rings. The van der Waals surface area contributed by atoms with Crippen molar-refractivity contribution in [3.63, 3.8) is 0 Å². The molecule has 46 heavy (non-hydrogen) atoms. The van der Waals surface area contributed by atoms with Crippen LogP contribution in [0.4, 0.5) is 0 Å². The molecule has 1 aromatic heterocycles.